The second kappa shape index (κ2) is 11.1. The number of nitrogen functional groups attached to an aromatic ring is 1. The number of aryl methyl sites for hydroxylation is 2. The number of fused-ring (bicyclic) bond motifs is 1. The topological polar surface area (TPSA) is 125 Å². The monoisotopic (exact) mass is 526 g/mol. The van der Waals surface area contributed by atoms with E-state index in [1.165, 1.54) is 6.08 Å². The van der Waals surface area contributed by atoms with Crippen LogP contribution in [0.5, 0.6) is 0 Å². The molecule has 0 saturated carbocycles. The highest BCUT2D eigenvalue weighted by Crippen LogP contribution is 2.28. The number of ether oxygens (including phenoxy) is 1. The van der Waals surface area contributed by atoms with Crippen LogP contribution in [0.2, 0.25) is 0 Å². The van der Waals surface area contributed by atoms with Gasteiger partial charge in [0.05, 0.1) is 28.3 Å². The van der Waals surface area contributed by atoms with Crippen molar-refractivity contribution in [2.24, 2.45) is 0 Å². The van der Waals surface area contributed by atoms with E-state index >= 15 is 0 Å². The van der Waals surface area contributed by atoms with Gasteiger partial charge >= 0.3 is 5.97 Å². The molecule has 2 aromatic heterocycles. The first-order chi connectivity index (χ1) is 18.5. The van der Waals surface area contributed by atoms with E-state index in [0.717, 1.165) is 5.56 Å². The number of hydrogen-bond acceptors (Lipinski definition) is 8. The maximum absolute atomic E-state index is 13.9. The molecule has 1 unspecified atom stereocenters. The first-order valence-corrected chi connectivity index (χ1v) is 12.9. The zero-order valence-electron chi connectivity index (χ0n) is 23.1. The molecule has 9 heteroatoms. The van der Waals surface area contributed by atoms with Crippen LogP contribution in [0.3, 0.4) is 0 Å². The molecule has 0 aliphatic rings. The number of rotatable bonds is 7. The lowest BCUT2D eigenvalue weighted by Crippen LogP contribution is -2.29. The standard InChI is InChI=1S/C30H34N6O3/c1-7-22(33-26-21(19(3)32-29(31)35-26)16-17-24(37)39-30(4,5)6)27-34-23-15-11-12-18(2)25(23)28(38)36(27)20-13-9-8-10-14-20/h8-17,22H,7H2,1-6H3,(H3,31,32,33,35)/b17-16+. The Morgan fingerprint density at radius 2 is 1.79 bits per heavy atom. The molecule has 0 bridgehead atoms. The fourth-order valence-electron chi connectivity index (χ4n) is 4.39. The van der Waals surface area contributed by atoms with Crippen LogP contribution >= 0.6 is 0 Å². The summed E-state index contributed by atoms with van der Waals surface area (Å²) in [5.74, 6) is 0.552. The lowest BCUT2D eigenvalue weighted by atomic mass is 10.1. The highest BCUT2D eigenvalue weighted by atomic mass is 16.6. The van der Waals surface area contributed by atoms with Gasteiger partial charge in [0.2, 0.25) is 5.95 Å². The number of esters is 1. The quantitative estimate of drug-likeness (QED) is 0.246. The van der Waals surface area contributed by atoms with E-state index in [2.05, 4.69) is 15.3 Å². The third kappa shape index (κ3) is 6.14. The van der Waals surface area contributed by atoms with Crippen molar-refractivity contribution >= 4 is 34.7 Å². The fourth-order valence-corrected chi connectivity index (χ4v) is 4.39. The Balaban J connectivity index is 1.85. The summed E-state index contributed by atoms with van der Waals surface area (Å²) in [5, 5.41) is 4.00. The van der Waals surface area contributed by atoms with Crippen molar-refractivity contribution in [2.75, 3.05) is 11.1 Å². The summed E-state index contributed by atoms with van der Waals surface area (Å²) in [6, 6.07) is 14.7. The number of carbonyl (C=O) groups excluding carboxylic acids is 1. The molecule has 4 aromatic rings. The Labute approximate surface area is 227 Å². The maximum Gasteiger partial charge on any atom is 0.331 e. The summed E-state index contributed by atoms with van der Waals surface area (Å²) < 4.78 is 7.05. The van der Waals surface area contributed by atoms with Crippen LogP contribution in [0.25, 0.3) is 22.7 Å². The molecule has 0 radical (unpaired) electrons. The number of aromatic nitrogens is 4. The second-order valence-corrected chi connectivity index (χ2v) is 10.3. The van der Waals surface area contributed by atoms with Gasteiger partial charge in [-0.05, 0) is 70.9 Å². The first-order valence-electron chi connectivity index (χ1n) is 12.9. The van der Waals surface area contributed by atoms with Gasteiger partial charge in [-0.2, -0.15) is 4.98 Å². The van der Waals surface area contributed by atoms with Crippen LogP contribution < -0.4 is 16.6 Å². The molecule has 0 aliphatic heterocycles. The largest absolute Gasteiger partial charge is 0.457 e. The molecule has 0 saturated heterocycles. The Hall–Kier alpha value is -4.53. The van der Waals surface area contributed by atoms with Crippen molar-refractivity contribution < 1.29 is 9.53 Å². The van der Waals surface area contributed by atoms with E-state index in [1.807, 2.05) is 62.4 Å². The fraction of sp³-hybridized carbons (Fsp3) is 0.300. The number of benzene rings is 2. The van der Waals surface area contributed by atoms with Gasteiger partial charge < -0.3 is 15.8 Å². The van der Waals surface area contributed by atoms with Crippen molar-refractivity contribution in [3.8, 4) is 5.69 Å². The average Bonchev–Trinajstić information content (AvgIpc) is 2.86. The van der Waals surface area contributed by atoms with Crippen LogP contribution in [-0.4, -0.2) is 31.1 Å². The molecular formula is C30H34N6O3. The van der Waals surface area contributed by atoms with Crippen molar-refractivity contribution in [1.29, 1.82) is 0 Å². The van der Waals surface area contributed by atoms with E-state index < -0.39 is 17.6 Å². The van der Waals surface area contributed by atoms with Crippen LogP contribution in [0.1, 0.15) is 62.8 Å². The number of carbonyl (C=O) groups is 1. The number of nitrogens with zero attached hydrogens (tertiary/aromatic N) is 4. The third-order valence-electron chi connectivity index (χ3n) is 6.12. The molecule has 2 aromatic carbocycles. The van der Waals surface area contributed by atoms with Gasteiger partial charge in [-0.25, -0.2) is 14.8 Å². The molecule has 2 heterocycles. The highest BCUT2D eigenvalue weighted by molar-refractivity contribution is 5.89. The van der Waals surface area contributed by atoms with E-state index in [0.29, 0.717) is 45.9 Å². The van der Waals surface area contributed by atoms with Crippen LogP contribution in [0.15, 0.2) is 59.4 Å². The zero-order chi connectivity index (χ0) is 28.3. The molecule has 39 heavy (non-hydrogen) atoms. The molecule has 202 valence electrons. The summed E-state index contributed by atoms with van der Waals surface area (Å²) in [4.78, 5) is 39.9. The van der Waals surface area contributed by atoms with Crippen molar-refractivity contribution in [2.45, 2.75) is 59.6 Å². The Bertz CT molecular complexity index is 1600. The molecular weight excluding hydrogens is 492 g/mol. The van der Waals surface area contributed by atoms with E-state index in [9.17, 15) is 9.59 Å². The first kappa shape index (κ1) is 27.5. The molecule has 0 fully saturated rings. The normalized spacial score (nSPS) is 12.6. The highest BCUT2D eigenvalue weighted by Gasteiger charge is 2.23. The van der Waals surface area contributed by atoms with E-state index in [-0.39, 0.29) is 11.5 Å². The van der Waals surface area contributed by atoms with Crippen LogP contribution in [-0.2, 0) is 9.53 Å². The molecule has 9 nitrogen and oxygen atoms in total. The van der Waals surface area contributed by atoms with E-state index in [1.54, 1.807) is 38.3 Å². The van der Waals surface area contributed by atoms with Gasteiger partial charge in [0.15, 0.2) is 0 Å². The number of anilines is 2. The molecule has 1 atom stereocenters. The van der Waals surface area contributed by atoms with Crippen molar-refractivity contribution in [1.82, 2.24) is 19.5 Å². The number of nitrogens with one attached hydrogen (secondary N) is 1. The van der Waals surface area contributed by atoms with Crippen LogP contribution in [0.4, 0.5) is 11.8 Å². The van der Waals surface area contributed by atoms with Gasteiger partial charge in [0.1, 0.15) is 17.2 Å². The lowest BCUT2D eigenvalue weighted by Gasteiger charge is -2.23. The van der Waals surface area contributed by atoms with Gasteiger partial charge in [0.25, 0.3) is 5.56 Å². The zero-order valence-corrected chi connectivity index (χ0v) is 23.1. The Morgan fingerprint density at radius 1 is 1.08 bits per heavy atom. The van der Waals surface area contributed by atoms with Gasteiger partial charge in [-0.1, -0.05) is 37.3 Å². The van der Waals surface area contributed by atoms with Crippen LogP contribution in [0, 0.1) is 13.8 Å². The summed E-state index contributed by atoms with van der Waals surface area (Å²) in [6.07, 6.45) is 3.53. The van der Waals surface area contributed by atoms with E-state index in [4.69, 9.17) is 15.5 Å². The second-order valence-electron chi connectivity index (χ2n) is 10.3. The molecule has 4 rings (SSSR count). The predicted molar refractivity (Wildman–Crippen MR) is 155 cm³/mol. The predicted octanol–water partition coefficient (Wildman–Crippen LogP) is 5.29. The van der Waals surface area contributed by atoms with Crippen molar-refractivity contribution in [3.63, 3.8) is 0 Å². The molecule has 3 N–H and O–H groups in total. The third-order valence-corrected chi connectivity index (χ3v) is 6.12. The number of nitrogens with two attached hydrogens (primary N) is 1. The minimum atomic E-state index is -0.621. The SMILES string of the molecule is CCC(Nc1nc(N)nc(C)c1/C=C/C(=O)OC(C)(C)C)c1nc2cccc(C)c2c(=O)n1-c1ccccc1. The minimum absolute atomic E-state index is 0.0850. The summed E-state index contributed by atoms with van der Waals surface area (Å²) in [5.41, 5.74) is 8.59. The minimum Gasteiger partial charge on any atom is -0.457 e. The number of para-hydroxylation sites is 1. The number of hydrogen-bond donors (Lipinski definition) is 2. The average molecular weight is 527 g/mol. The maximum atomic E-state index is 13.9. The smallest absolute Gasteiger partial charge is 0.331 e. The summed E-state index contributed by atoms with van der Waals surface area (Å²) in [7, 11) is 0. The summed E-state index contributed by atoms with van der Waals surface area (Å²) >= 11 is 0. The summed E-state index contributed by atoms with van der Waals surface area (Å²) in [6.45, 7) is 11.1. The molecule has 0 spiro atoms. The Kier molecular flexibility index (Phi) is 7.80. The van der Waals surface area contributed by atoms with Crippen molar-refractivity contribution in [3.05, 3.63) is 87.6 Å². The van der Waals surface area contributed by atoms with Gasteiger partial charge in [-0.3, -0.25) is 9.36 Å². The molecule has 0 aliphatic carbocycles. The van der Waals surface area contributed by atoms with Gasteiger partial charge in [-0.15, -0.1) is 0 Å². The lowest BCUT2D eigenvalue weighted by molar-refractivity contribution is -0.148. The Morgan fingerprint density at radius 3 is 2.46 bits per heavy atom. The molecule has 0 amide bonds. The van der Waals surface area contributed by atoms with Gasteiger partial charge in [0, 0.05) is 11.6 Å².